The maximum absolute atomic E-state index is 12.1. The van der Waals surface area contributed by atoms with Gasteiger partial charge >= 0.3 is 5.97 Å². The van der Waals surface area contributed by atoms with Gasteiger partial charge in [-0.1, -0.05) is 37.3 Å². The van der Waals surface area contributed by atoms with Crippen LogP contribution in [0.25, 0.3) is 0 Å². The Morgan fingerprint density at radius 3 is 2.29 bits per heavy atom. The van der Waals surface area contributed by atoms with Crippen molar-refractivity contribution in [2.45, 2.75) is 18.8 Å². The molecule has 92 valence electrons. The molecule has 0 aliphatic rings. The van der Waals surface area contributed by atoms with Gasteiger partial charge in [0.25, 0.3) is 0 Å². The number of ether oxygens (including phenoxy) is 1. The summed E-state index contributed by atoms with van der Waals surface area (Å²) in [7, 11) is 2.80. The highest BCUT2D eigenvalue weighted by Gasteiger charge is 2.46. The third-order valence-electron chi connectivity index (χ3n) is 2.95. The Labute approximate surface area is 101 Å². The van der Waals surface area contributed by atoms with E-state index >= 15 is 0 Å². The standard InChI is InChI=1S/C13H17NO3/c1-4-13(11(15)14-2,12(16)17-3)10-8-6-5-7-9-10/h5-9H,4H2,1-3H3,(H,14,15)/t13-/m1/s1. The molecule has 17 heavy (non-hydrogen) atoms. The van der Waals surface area contributed by atoms with Crippen LogP contribution in [0.4, 0.5) is 0 Å². The Kier molecular flexibility index (Phi) is 4.26. The molecule has 0 saturated carbocycles. The van der Waals surface area contributed by atoms with Crippen molar-refractivity contribution in [3.8, 4) is 0 Å². The van der Waals surface area contributed by atoms with Crippen molar-refractivity contribution in [1.82, 2.24) is 5.32 Å². The Hall–Kier alpha value is -1.84. The van der Waals surface area contributed by atoms with E-state index in [9.17, 15) is 9.59 Å². The number of likely N-dealkylation sites (N-methyl/N-ethyl adjacent to an activating group) is 1. The molecule has 1 aromatic carbocycles. The smallest absolute Gasteiger partial charge is 0.325 e. The third kappa shape index (κ3) is 2.16. The van der Waals surface area contributed by atoms with E-state index in [1.165, 1.54) is 14.2 Å². The first-order valence-corrected chi connectivity index (χ1v) is 5.49. The summed E-state index contributed by atoms with van der Waals surface area (Å²) in [5.41, 5.74) is -0.612. The van der Waals surface area contributed by atoms with E-state index in [1.54, 1.807) is 31.2 Å². The van der Waals surface area contributed by atoms with Gasteiger partial charge in [-0.2, -0.15) is 0 Å². The number of benzene rings is 1. The van der Waals surface area contributed by atoms with Gasteiger partial charge in [0.2, 0.25) is 5.91 Å². The molecule has 0 unspecified atom stereocenters. The number of rotatable bonds is 4. The molecule has 1 N–H and O–H groups in total. The van der Waals surface area contributed by atoms with Gasteiger partial charge in [0, 0.05) is 7.05 Å². The Balaban J connectivity index is 3.36. The average molecular weight is 235 g/mol. The maximum Gasteiger partial charge on any atom is 0.325 e. The lowest BCUT2D eigenvalue weighted by molar-refractivity contribution is -0.152. The molecule has 1 amide bonds. The first-order chi connectivity index (χ1) is 8.13. The quantitative estimate of drug-likeness (QED) is 0.631. The Morgan fingerprint density at radius 2 is 1.88 bits per heavy atom. The van der Waals surface area contributed by atoms with Crippen molar-refractivity contribution in [3.05, 3.63) is 35.9 Å². The lowest BCUT2D eigenvalue weighted by Crippen LogP contribution is -2.49. The van der Waals surface area contributed by atoms with E-state index in [0.717, 1.165) is 0 Å². The Morgan fingerprint density at radius 1 is 1.29 bits per heavy atom. The summed E-state index contributed by atoms with van der Waals surface area (Å²) in [6.45, 7) is 1.79. The number of esters is 1. The van der Waals surface area contributed by atoms with Crippen LogP contribution in [0.2, 0.25) is 0 Å². The lowest BCUT2D eigenvalue weighted by Gasteiger charge is -2.28. The molecule has 4 nitrogen and oxygen atoms in total. The summed E-state index contributed by atoms with van der Waals surface area (Å²) < 4.78 is 4.78. The van der Waals surface area contributed by atoms with Gasteiger partial charge in [-0.25, -0.2) is 0 Å². The minimum Gasteiger partial charge on any atom is -0.468 e. The van der Waals surface area contributed by atoms with Crippen LogP contribution in [0, 0.1) is 0 Å². The first-order valence-electron chi connectivity index (χ1n) is 5.49. The molecule has 1 atom stereocenters. The third-order valence-corrected chi connectivity index (χ3v) is 2.95. The van der Waals surface area contributed by atoms with Gasteiger partial charge in [0.1, 0.15) is 0 Å². The number of nitrogens with one attached hydrogen (secondary N) is 1. The molecule has 0 aliphatic heterocycles. The van der Waals surface area contributed by atoms with E-state index in [-0.39, 0.29) is 5.91 Å². The summed E-state index contributed by atoms with van der Waals surface area (Å²) >= 11 is 0. The number of carbonyl (C=O) groups excluding carboxylic acids is 2. The van der Waals surface area contributed by atoms with Gasteiger partial charge in [-0.05, 0) is 12.0 Å². The molecule has 1 aromatic rings. The summed E-state index contributed by atoms with van der Waals surface area (Å²) in [4.78, 5) is 24.0. The number of hydrogen-bond donors (Lipinski definition) is 1. The molecular weight excluding hydrogens is 218 g/mol. The molecular formula is C13H17NO3. The lowest BCUT2D eigenvalue weighted by atomic mass is 9.77. The van der Waals surface area contributed by atoms with Crippen LogP contribution in [0.15, 0.2) is 30.3 Å². The second-order valence-electron chi connectivity index (χ2n) is 3.70. The average Bonchev–Trinajstić information content (AvgIpc) is 2.40. The van der Waals surface area contributed by atoms with Gasteiger partial charge in [0.05, 0.1) is 7.11 Å². The molecule has 0 radical (unpaired) electrons. The topological polar surface area (TPSA) is 55.4 Å². The molecule has 0 spiro atoms. The van der Waals surface area contributed by atoms with Crippen LogP contribution in [0.3, 0.4) is 0 Å². The van der Waals surface area contributed by atoms with Gasteiger partial charge in [-0.15, -0.1) is 0 Å². The van der Waals surface area contributed by atoms with Crippen molar-refractivity contribution in [3.63, 3.8) is 0 Å². The normalized spacial score (nSPS) is 13.6. The predicted octanol–water partition coefficient (Wildman–Crippen LogP) is 1.25. The second-order valence-corrected chi connectivity index (χ2v) is 3.70. The highest BCUT2D eigenvalue weighted by molar-refractivity contribution is 6.08. The maximum atomic E-state index is 12.1. The number of amides is 1. The monoisotopic (exact) mass is 235 g/mol. The van der Waals surface area contributed by atoms with Crippen molar-refractivity contribution < 1.29 is 14.3 Å². The van der Waals surface area contributed by atoms with Crippen LogP contribution in [0.1, 0.15) is 18.9 Å². The zero-order valence-corrected chi connectivity index (χ0v) is 10.3. The van der Waals surface area contributed by atoms with Crippen LogP contribution < -0.4 is 5.32 Å². The summed E-state index contributed by atoms with van der Waals surface area (Å²) in [5.74, 6) is -0.886. The summed E-state index contributed by atoms with van der Waals surface area (Å²) in [6.07, 6.45) is 0.351. The van der Waals surface area contributed by atoms with Crippen LogP contribution in [-0.4, -0.2) is 26.0 Å². The van der Waals surface area contributed by atoms with Crippen molar-refractivity contribution in [2.24, 2.45) is 0 Å². The Bertz CT molecular complexity index is 384. The minimum atomic E-state index is -1.26. The van der Waals surface area contributed by atoms with E-state index in [1.807, 2.05) is 6.07 Å². The van der Waals surface area contributed by atoms with Crippen LogP contribution in [0.5, 0.6) is 0 Å². The molecule has 0 aliphatic carbocycles. The fourth-order valence-corrected chi connectivity index (χ4v) is 1.96. The largest absolute Gasteiger partial charge is 0.468 e. The summed E-state index contributed by atoms with van der Waals surface area (Å²) in [6, 6.07) is 8.95. The molecule has 0 fully saturated rings. The fraction of sp³-hybridized carbons (Fsp3) is 0.385. The number of hydrogen-bond acceptors (Lipinski definition) is 3. The molecule has 0 saturated heterocycles. The minimum absolute atomic E-state index is 0.349. The second kappa shape index (κ2) is 5.48. The highest BCUT2D eigenvalue weighted by atomic mass is 16.5. The van der Waals surface area contributed by atoms with E-state index in [0.29, 0.717) is 12.0 Å². The van der Waals surface area contributed by atoms with Gasteiger partial charge in [0.15, 0.2) is 5.41 Å². The SMILES string of the molecule is CC[C@@](C(=O)NC)(C(=O)OC)c1ccccc1. The molecule has 0 bridgehead atoms. The van der Waals surface area contributed by atoms with Crippen LogP contribution in [-0.2, 0) is 19.7 Å². The number of carbonyl (C=O) groups is 2. The molecule has 0 aromatic heterocycles. The molecule has 1 rings (SSSR count). The first kappa shape index (κ1) is 13.2. The predicted molar refractivity (Wildman–Crippen MR) is 64.5 cm³/mol. The van der Waals surface area contributed by atoms with Crippen molar-refractivity contribution >= 4 is 11.9 Å². The number of methoxy groups -OCH3 is 1. The van der Waals surface area contributed by atoms with E-state index in [4.69, 9.17) is 4.74 Å². The van der Waals surface area contributed by atoms with E-state index in [2.05, 4.69) is 5.32 Å². The van der Waals surface area contributed by atoms with Gasteiger partial charge < -0.3 is 10.1 Å². The fourth-order valence-electron chi connectivity index (χ4n) is 1.96. The summed E-state index contributed by atoms with van der Waals surface area (Å²) in [5, 5.41) is 2.53. The van der Waals surface area contributed by atoms with Gasteiger partial charge in [-0.3, -0.25) is 9.59 Å². The molecule has 4 heteroatoms. The zero-order valence-electron chi connectivity index (χ0n) is 10.3. The van der Waals surface area contributed by atoms with E-state index < -0.39 is 11.4 Å². The van der Waals surface area contributed by atoms with Crippen molar-refractivity contribution in [1.29, 1.82) is 0 Å². The molecule has 0 heterocycles. The van der Waals surface area contributed by atoms with Crippen LogP contribution >= 0.6 is 0 Å². The zero-order chi connectivity index (χ0) is 12.9. The van der Waals surface area contributed by atoms with Crippen molar-refractivity contribution in [2.75, 3.05) is 14.2 Å². The highest BCUT2D eigenvalue weighted by Crippen LogP contribution is 2.29.